The van der Waals surface area contributed by atoms with E-state index >= 15 is 0 Å². The minimum Gasteiger partial charge on any atom is -0.487 e. The number of nitrogens with one attached hydrogen (secondary N) is 3. The van der Waals surface area contributed by atoms with Crippen LogP contribution in [-0.2, 0) is 9.59 Å². The number of hydrogen-bond donors (Lipinski definition) is 5. The van der Waals surface area contributed by atoms with Gasteiger partial charge < -0.3 is 41.3 Å². The summed E-state index contributed by atoms with van der Waals surface area (Å²) in [5.41, 5.74) is 8.02. The molecular formula is C36H45FN6O6. The normalized spacial score (nSPS) is 16.3. The van der Waals surface area contributed by atoms with Crippen LogP contribution in [0.15, 0.2) is 66.7 Å². The van der Waals surface area contributed by atoms with Gasteiger partial charge in [-0.2, -0.15) is 0 Å². The van der Waals surface area contributed by atoms with Crippen LogP contribution in [0.2, 0.25) is 0 Å². The molecule has 0 bridgehead atoms. The molecule has 3 aromatic carbocycles. The molecule has 12 nitrogen and oxygen atoms in total. The number of aliphatic hydroxyl groups is 1. The van der Waals surface area contributed by atoms with E-state index in [1.165, 1.54) is 29.2 Å². The van der Waals surface area contributed by atoms with Crippen LogP contribution in [0, 0.1) is 11.7 Å². The lowest BCUT2D eigenvalue weighted by Gasteiger charge is -2.38. The van der Waals surface area contributed by atoms with Gasteiger partial charge in [-0.3, -0.25) is 14.4 Å². The Bertz CT molecular complexity index is 1620. The quantitative estimate of drug-likeness (QED) is 0.121. The fourth-order valence-electron chi connectivity index (χ4n) is 5.42. The number of nitrogens with two attached hydrogens (primary N) is 1. The Morgan fingerprint density at radius 1 is 0.980 bits per heavy atom. The number of nitrogens with zero attached hydrogens (tertiary/aromatic N) is 2. The molecule has 13 heteroatoms. The second kappa shape index (κ2) is 17.3. The summed E-state index contributed by atoms with van der Waals surface area (Å²) in [7, 11) is 1.61. The Hall–Kier alpha value is -5.17. The van der Waals surface area contributed by atoms with Crippen molar-refractivity contribution >= 4 is 46.5 Å². The van der Waals surface area contributed by atoms with E-state index in [1.807, 2.05) is 6.92 Å². The van der Waals surface area contributed by atoms with Gasteiger partial charge in [0.05, 0.1) is 36.1 Å². The number of likely N-dealkylation sites (N-methyl/N-ethyl adjacent to an activating group) is 1. The number of unbranched alkanes of at least 4 members (excludes halogenated alkanes) is 2. The van der Waals surface area contributed by atoms with Gasteiger partial charge in [0, 0.05) is 43.7 Å². The number of halogens is 1. The minimum atomic E-state index is -0.531. The van der Waals surface area contributed by atoms with Gasteiger partial charge in [-0.1, -0.05) is 25.5 Å². The number of para-hydroxylation sites is 2. The molecule has 3 atom stereocenters. The average Bonchev–Trinajstić information content (AvgIpc) is 3.08. The number of amides is 5. The summed E-state index contributed by atoms with van der Waals surface area (Å²) in [6.45, 7) is 3.83. The third-order valence-corrected chi connectivity index (χ3v) is 8.39. The van der Waals surface area contributed by atoms with Crippen molar-refractivity contribution in [3.63, 3.8) is 0 Å². The number of carbonyl (C=O) groups excluding carboxylic acids is 4. The molecule has 0 radical (unpaired) electrons. The lowest BCUT2D eigenvalue weighted by molar-refractivity contribution is -0.116. The van der Waals surface area contributed by atoms with Gasteiger partial charge in [0.25, 0.3) is 5.91 Å². The highest BCUT2D eigenvalue weighted by Gasteiger charge is 2.34. The zero-order valence-electron chi connectivity index (χ0n) is 28.1. The van der Waals surface area contributed by atoms with E-state index in [1.54, 1.807) is 61.3 Å². The summed E-state index contributed by atoms with van der Waals surface area (Å²) in [4.78, 5) is 54.7. The van der Waals surface area contributed by atoms with Crippen LogP contribution in [0.1, 0.15) is 56.3 Å². The van der Waals surface area contributed by atoms with Crippen LogP contribution in [0.5, 0.6) is 5.75 Å². The lowest BCUT2D eigenvalue weighted by Crippen LogP contribution is -2.50. The summed E-state index contributed by atoms with van der Waals surface area (Å²) < 4.78 is 19.6. The van der Waals surface area contributed by atoms with Gasteiger partial charge >= 0.3 is 6.03 Å². The number of aliphatic hydroxyl groups excluding tert-OH is 1. The molecular weight excluding hydrogens is 631 g/mol. The van der Waals surface area contributed by atoms with Gasteiger partial charge in [0.15, 0.2) is 0 Å². The lowest BCUT2D eigenvalue weighted by atomic mass is 9.99. The van der Waals surface area contributed by atoms with Crippen LogP contribution >= 0.6 is 0 Å². The fraction of sp³-hybridized carbons (Fsp3) is 0.389. The first kappa shape index (κ1) is 36.7. The first-order chi connectivity index (χ1) is 23.4. The van der Waals surface area contributed by atoms with Gasteiger partial charge in [-0.25, -0.2) is 9.18 Å². The van der Waals surface area contributed by atoms with Crippen molar-refractivity contribution in [3.05, 3.63) is 78.1 Å². The van der Waals surface area contributed by atoms with Crippen molar-refractivity contribution in [2.24, 2.45) is 5.92 Å². The molecule has 0 saturated heterocycles. The maximum absolute atomic E-state index is 13.8. The van der Waals surface area contributed by atoms with Crippen LogP contribution in [-0.4, -0.2) is 77.5 Å². The van der Waals surface area contributed by atoms with E-state index in [4.69, 9.17) is 10.5 Å². The van der Waals surface area contributed by atoms with Crippen molar-refractivity contribution in [1.29, 1.82) is 0 Å². The number of fused-ring (bicyclic) bond motifs is 1. The van der Waals surface area contributed by atoms with Crippen LogP contribution in [0.3, 0.4) is 0 Å². The molecule has 1 aliphatic heterocycles. The maximum Gasteiger partial charge on any atom is 0.321 e. The van der Waals surface area contributed by atoms with Gasteiger partial charge in [-0.05, 0) is 74.4 Å². The third-order valence-electron chi connectivity index (χ3n) is 8.39. The fourth-order valence-corrected chi connectivity index (χ4v) is 5.42. The Kier molecular flexibility index (Phi) is 12.9. The van der Waals surface area contributed by atoms with E-state index in [2.05, 4.69) is 16.0 Å². The summed E-state index contributed by atoms with van der Waals surface area (Å²) in [6.07, 6.45) is 1.86. The van der Waals surface area contributed by atoms with E-state index in [0.717, 1.165) is 0 Å². The standard InChI is InChI=1S/C36H45FN6O6/c1-23-20-43(24(2)22-44)35(47)28-19-27(39-33(45)11-5-4-6-12-34(46)41-30-10-8-7-9-29(30)38)17-18-31(28)49-32(23)21-42(3)36(48)40-26-15-13-25(37)14-16-26/h7-10,13-19,23-24,32,44H,4-6,11-12,20-22,38H2,1-3H3,(H,39,45)(H,40,48)(H,41,46)/t23-,24-,32+/m0/s1. The van der Waals surface area contributed by atoms with Crippen molar-refractivity contribution in [2.75, 3.05) is 48.4 Å². The van der Waals surface area contributed by atoms with E-state index in [9.17, 15) is 28.7 Å². The molecule has 3 aromatic rings. The molecule has 0 aliphatic carbocycles. The smallest absolute Gasteiger partial charge is 0.321 e. The minimum absolute atomic E-state index is 0.142. The highest BCUT2D eigenvalue weighted by molar-refractivity contribution is 6.00. The number of nitrogen functional groups attached to an aromatic ring is 1. The molecule has 0 unspecified atom stereocenters. The molecule has 6 N–H and O–H groups in total. The van der Waals surface area contributed by atoms with Crippen LogP contribution < -0.4 is 26.4 Å². The first-order valence-electron chi connectivity index (χ1n) is 16.4. The number of anilines is 4. The van der Waals surface area contributed by atoms with E-state index < -0.39 is 24.0 Å². The molecule has 262 valence electrons. The number of hydrogen-bond acceptors (Lipinski definition) is 7. The van der Waals surface area contributed by atoms with Gasteiger partial charge in [0.1, 0.15) is 17.7 Å². The summed E-state index contributed by atoms with van der Waals surface area (Å²) in [5.74, 6) is -1.08. The third kappa shape index (κ3) is 10.4. The summed E-state index contributed by atoms with van der Waals surface area (Å²) >= 11 is 0. The molecule has 0 spiro atoms. The number of benzene rings is 3. The second-order valence-corrected chi connectivity index (χ2v) is 12.4. The largest absolute Gasteiger partial charge is 0.487 e. The van der Waals surface area contributed by atoms with Crippen molar-refractivity contribution in [2.45, 2.75) is 58.1 Å². The highest BCUT2D eigenvalue weighted by Crippen LogP contribution is 2.31. The Morgan fingerprint density at radius 2 is 1.63 bits per heavy atom. The van der Waals surface area contributed by atoms with Crippen LogP contribution in [0.25, 0.3) is 0 Å². The number of rotatable bonds is 13. The zero-order valence-corrected chi connectivity index (χ0v) is 28.1. The average molecular weight is 677 g/mol. The second-order valence-electron chi connectivity index (χ2n) is 12.4. The molecule has 0 saturated carbocycles. The molecule has 1 aliphatic rings. The van der Waals surface area contributed by atoms with Crippen LogP contribution in [0.4, 0.5) is 31.9 Å². The number of carbonyl (C=O) groups is 4. The summed E-state index contributed by atoms with van der Waals surface area (Å²) in [6, 6.07) is 16.4. The predicted octanol–water partition coefficient (Wildman–Crippen LogP) is 5.32. The predicted molar refractivity (Wildman–Crippen MR) is 187 cm³/mol. The SMILES string of the molecule is C[C@H]1CN([C@@H](C)CO)C(=O)c2cc(NC(=O)CCCCCC(=O)Nc3ccccc3N)ccc2O[C@@H]1CN(C)C(=O)Nc1ccc(F)cc1. The topological polar surface area (TPSA) is 166 Å². The number of urea groups is 1. The highest BCUT2D eigenvalue weighted by atomic mass is 19.1. The molecule has 0 aromatic heterocycles. The Labute approximate surface area is 285 Å². The van der Waals surface area contributed by atoms with Crippen molar-refractivity contribution in [3.8, 4) is 5.75 Å². The zero-order chi connectivity index (χ0) is 35.5. The van der Waals surface area contributed by atoms with E-state index in [0.29, 0.717) is 48.4 Å². The van der Waals surface area contributed by atoms with Crippen molar-refractivity contribution < 1.29 is 33.4 Å². The Balaban J connectivity index is 1.36. The first-order valence-corrected chi connectivity index (χ1v) is 16.4. The molecule has 0 fully saturated rings. The molecule has 49 heavy (non-hydrogen) atoms. The summed E-state index contributed by atoms with van der Waals surface area (Å²) in [5, 5.41) is 18.3. The molecule has 4 rings (SSSR count). The molecule has 5 amide bonds. The monoisotopic (exact) mass is 676 g/mol. The maximum atomic E-state index is 13.8. The van der Waals surface area contributed by atoms with Crippen molar-refractivity contribution in [1.82, 2.24) is 9.80 Å². The van der Waals surface area contributed by atoms with Gasteiger partial charge in [-0.15, -0.1) is 0 Å². The molecule has 1 heterocycles. The Morgan fingerprint density at radius 3 is 2.31 bits per heavy atom. The van der Waals surface area contributed by atoms with E-state index in [-0.39, 0.29) is 61.1 Å². The number of ether oxygens (including phenoxy) is 1. The van der Waals surface area contributed by atoms with Gasteiger partial charge in [0.2, 0.25) is 11.8 Å².